The minimum Gasteiger partial charge on any atom is -0.477 e. The number of nitrogens with zero attached hydrogens (tertiary/aromatic N) is 2. The number of carbonyl (C=O) groups is 4. The summed E-state index contributed by atoms with van der Waals surface area (Å²) in [6.45, 7) is 17.0. The number of aliphatic carboxylic acids is 1. The lowest BCUT2D eigenvalue weighted by atomic mass is 10.4. The minimum atomic E-state index is -1.21. The largest absolute Gasteiger partial charge is 0.477 e. The smallest absolute Gasteiger partial charge is 0.372 e. The fourth-order valence-corrected chi connectivity index (χ4v) is 1.15. The molecule has 0 aliphatic carbocycles. The molecule has 0 radical (unpaired) electrons. The van der Waals surface area contributed by atoms with E-state index < -0.39 is 40.9 Å². The number of carbonyl (C=O) groups excluding carboxylic acids is 3. The van der Waals surface area contributed by atoms with E-state index >= 15 is 0 Å². The summed E-state index contributed by atoms with van der Waals surface area (Å²) in [7, 11) is 0. The number of esters is 2. The molecule has 1 aromatic rings. The zero-order valence-electron chi connectivity index (χ0n) is 19.9. The van der Waals surface area contributed by atoms with Crippen LogP contribution in [0.2, 0.25) is 0 Å². The summed E-state index contributed by atoms with van der Waals surface area (Å²) in [5.41, 5.74) is -0.674. The van der Waals surface area contributed by atoms with Crippen LogP contribution in [0.15, 0.2) is 14.7 Å². The van der Waals surface area contributed by atoms with Crippen LogP contribution in [0.25, 0.3) is 0 Å². The van der Waals surface area contributed by atoms with E-state index in [0.29, 0.717) is 0 Å². The number of hydrazone groups is 1. The highest BCUT2D eigenvalue weighted by Crippen LogP contribution is 1.87. The van der Waals surface area contributed by atoms with Crippen LogP contribution in [0, 0.1) is 0 Å². The Morgan fingerprint density at radius 2 is 1.44 bits per heavy atom. The Hall–Kier alpha value is -3.84. The van der Waals surface area contributed by atoms with Gasteiger partial charge in [0.1, 0.15) is 0 Å². The summed E-state index contributed by atoms with van der Waals surface area (Å²) in [5, 5.41) is 18.8. The first-order valence-corrected chi connectivity index (χ1v) is 9.96. The molecule has 2 heterocycles. The van der Waals surface area contributed by atoms with Crippen molar-refractivity contribution in [1.82, 2.24) is 25.9 Å². The Bertz CT molecular complexity index is 829. The number of ether oxygens (including phenoxy) is 1. The molecule has 14 heteroatoms. The summed E-state index contributed by atoms with van der Waals surface area (Å²) in [6.07, 6.45) is 0. The maximum absolute atomic E-state index is 10.9. The summed E-state index contributed by atoms with van der Waals surface area (Å²) >= 11 is 0. The lowest BCUT2D eigenvalue weighted by Gasteiger charge is -2.09. The monoisotopic (exact) mass is 462 g/mol. The van der Waals surface area contributed by atoms with Crippen molar-refractivity contribution in [3.05, 3.63) is 26.5 Å². The lowest BCUT2D eigenvalue weighted by molar-refractivity contribution is -0.135. The van der Waals surface area contributed by atoms with E-state index in [9.17, 15) is 28.8 Å². The number of aromatic amines is 2. The molecule has 0 spiro atoms. The number of rotatable bonds is 2. The summed E-state index contributed by atoms with van der Waals surface area (Å²) in [6, 6.07) is -0.481. The highest BCUT2D eigenvalue weighted by Gasteiger charge is 2.16. The van der Waals surface area contributed by atoms with Gasteiger partial charge in [-0.2, -0.15) is 10.2 Å². The number of hydrogen-bond acceptors (Lipinski definition) is 9. The van der Waals surface area contributed by atoms with Crippen molar-refractivity contribution in [1.29, 1.82) is 0 Å². The second-order valence-corrected chi connectivity index (χ2v) is 3.89. The second-order valence-electron chi connectivity index (χ2n) is 3.89. The average molecular weight is 463 g/mol. The summed E-state index contributed by atoms with van der Waals surface area (Å²) < 4.78 is 4.07. The van der Waals surface area contributed by atoms with Gasteiger partial charge in [-0.25, -0.2) is 29.7 Å². The SMILES string of the molecule is CC.CC.CC.CC.CC(=O)OC(=O)c1n[nH]c(=O)[nH]c1=O.O=C1NCC(C(=O)O)=NN1. The fraction of sp³-hybridized carbons (Fsp3) is 0.556. The van der Waals surface area contributed by atoms with Gasteiger partial charge >= 0.3 is 29.6 Å². The Morgan fingerprint density at radius 1 is 0.938 bits per heavy atom. The number of nitrogens with one attached hydrogen (secondary N) is 4. The number of urea groups is 1. The van der Waals surface area contributed by atoms with Crippen LogP contribution in [0.1, 0.15) is 72.8 Å². The molecule has 0 saturated carbocycles. The molecule has 5 N–H and O–H groups in total. The number of H-pyrrole nitrogens is 2. The van der Waals surface area contributed by atoms with Crippen LogP contribution in [0.5, 0.6) is 0 Å². The standard InChI is InChI=1S/C6H5N3O5.C4H5N3O3.4C2H6/c1-2(10)14-5(12)3-4(11)7-6(13)9-8-3;8-3(9)2-1-5-4(10)7-6-2;4*1-2/h1H3,(H2,7,9,11,13);1H2,(H,8,9)(H2,5,7,10);4*1-2H3. The third-order valence-corrected chi connectivity index (χ3v) is 2.10. The van der Waals surface area contributed by atoms with Crippen LogP contribution in [0.4, 0.5) is 4.79 Å². The average Bonchev–Trinajstić information content (AvgIpc) is 2.79. The molecule has 0 saturated heterocycles. The van der Waals surface area contributed by atoms with Gasteiger partial charge in [-0.1, -0.05) is 55.4 Å². The van der Waals surface area contributed by atoms with E-state index in [1.54, 1.807) is 4.98 Å². The first-order valence-electron chi connectivity index (χ1n) is 9.96. The predicted octanol–water partition coefficient (Wildman–Crippen LogP) is 1.01. The number of carboxylic acids is 1. The highest BCUT2D eigenvalue weighted by molar-refractivity contribution is 6.37. The second kappa shape index (κ2) is 23.4. The molecule has 0 bridgehead atoms. The summed E-state index contributed by atoms with van der Waals surface area (Å²) in [4.78, 5) is 64.9. The lowest BCUT2D eigenvalue weighted by Crippen LogP contribution is -2.44. The van der Waals surface area contributed by atoms with Gasteiger partial charge in [0.05, 0.1) is 6.54 Å². The zero-order valence-corrected chi connectivity index (χ0v) is 19.9. The number of hydrogen-bond donors (Lipinski definition) is 5. The van der Waals surface area contributed by atoms with E-state index in [4.69, 9.17) is 5.11 Å². The van der Waals surface area contributed by atoms with Gasteiger partial charge in [0.2, 0.25) is 5.69 Å². The summed E-state index contributed by atoms with van der Waals surface area (Å²) in [5.74, 6) is -3.22. The molecule has 2 rings (SSSR count). The van der Waals surface area contributed by atoms with Crippen LogP contribution in [-0.2, 0) is 14.3 Å². The number of aromatic nitrogens is 3. The van der Waals surface area contributed by atoms with Crippen molar-refractivity contribution < 1.29 is 29.0 Å². The molecular weight excluding hydrogens is 428 g/mol. The van der Waals surface area contributed by atoms with Crippen molar-refractivity contribution in [2.45, 2.75) is 62.3 Å². The molecule has 2 amide bonds. The molecule has 0 atom stereocenters. The Morgan fingerprint density at radius 3 is 1.78 bits per heavy atom. The van der Waals surface area contributed by atoms with Crippen LogP contribution in [0.3, 0.4) is 0 Å². The van der Waals surface area contributed by atoms with E-state index in [2.05, 4.69) is 20.3 Å². The fourth-order valence-electron chi connectivity index (χ4n) is 1.15. The van der Waals surface area contributed by atoms with Crippen LogP contribution in [-0.4, -0.2) is 56.5 Å². The highest BCUT2D eigenvalue weighted by atomic mass is 16.6. The first kappa shape index (κ1) is 35.6. The maximum atomic E-state index is 10.9. The van der Waals surface area contributed by atoms with Gasteiger partial charge in [0.15, 0.2) is 5.71 Å². The van der Waals surface area contributed by atoms with Crippen molar-refractivity contribution in [3.63, 3.8) is 0 Å². The van der Waals surface area contributed by atoms with Crippen molar-refractivity contribution in [2.75, 3.05) is 6.54 Å². The maximum Gasteiger partial charge on any atom is 0.372 e. The molecule has 32 heavy (non-hydrogen) atoms. The molecular formula is C18H34N6O8. The van der Waals surface area contributed by atoms with Gasteiger partial charge in [-0.15, -0.1) is 0 Å². The van der Waals surface area contributed by atoms with Crippen LogP contribution >= 0.6 is 0 Å². The minimum absolute atomic E-state index is 0.0266. The van der Waals surface area contributed by atoms with Crippen molar-refractivity contribution >= 4 is 29.7 Å². The van der Waals surface area contributed by atoms with E-state index in [0.717, 1.165) is 6.92 Å². The molecule has 0 aromatic carbocycles. The first-order chi connectivity index (χ1) is 15.2. The Kier molecular flexibility index (Phi) is 26.1. The van der Waals surface area contributed by atoms with Crippen molar-refractivity contribution in [3.8, 4) is 0 Å². The number of amides is 2. The Labute approximate surface area is 185 Å². The van der Waals surface area contributed by atoms with Crippen molar-refractivity contribution in [2.24, 2.45) is 5.10 Å². The van der Waals surface area contributed by atoms with Gasteiger partial charge in [-0.05, 0) is 0 Å². The molecule has 184 valence electrons. The third-order valence-electron chi connectivity index (χ3n) is 2.10. The van der Waals surface area contributed by atoms with Gasteiger partial charge in [-0.3, -0.25) is 14.6 Å². The molecule has 0 unspecified atom stereocenters. The van der Waals surface area contributed by atoms with E-state index in [1.807, 2.05) is 65.9 Å². The predicted molar refractivity (Wildman–Crippen MR) is 119 cm³/mol. The molecule has 1 aliphatic rings. The zero-order chi connectivity index (χ0) is 26.3. The number of carboxylic acid groups (broad SMARTS) is 1. The van der Waals surface area contributed by atoms with Gasteiger partial charge < -0.3 is 15.2 Å². The third kappa shape index (κ3) is 17.1. The normalized spacial score (nSPS) is 10.2. The Balaban J connectivity index is -0.000000191. The van der Waals surface area contributed by atoms with E-state index in [1.165, 1.54) is 0 Å². The molecule has 0 fully saturated rings. The van der Waals surface area contributed by atoms with Gasteiger partial charge in [0, 0.05) is 6.92 Å². The molecule has 14 nitrogen and oxygen atoms in total. The molecule has 1 aromatic heterocycles. The van der Waals surface area contributed by atoms with Crippen LogP contribution < -0.4 is 22.0 Å². The van der Waals surface area contributed by atoms with E-state index in [-0.39, 0.29) is 12.3 Å². The quantitative estimate of drug-likeness (QED) is 0.313. The molecule has 1 aliphatic heterocycles. The topological polar surface area (TPSA) is 213 Å². The van der Waals surface area contributed by atoms with Gasteiger partial charge in [0.25, 0.3) is 5.56 Å².